The van der Waals surface area contributed by atoms with Gasteiger partial charge in [0.25, 0.3) is 0 Å². The number of ether oxygens (including phenoxy) is 1. The summed E-state index contributed by atoms with van der Waals surface area (Å²) in [6.07, 6.45) is 2.30. The zero-order chi connectivity index (χ0) is 20.3. The minimum Gasteiger partial charge on any atom is -0.508 e. The maximum Gasteiger partial charge on any atom is 0.245 e. The molecule has 1 unspecified atom stereocenters. The molecule has 2 aromatic rings. The summed E-state index contributed by atoms with van der Waals surface area (Å²) >= 11 is 0. The number of phenolic OH excluding ortho intramolecular Hbond substituents is 1. The van der Waals surface area contributed by atoms with Crippen LogP contribution in [0.15, 0.2) is 54.6 Å². The number of carbonyl (C=O) groups excluding carboxylic acids is 1. The van der Waals surface area contributed by atoms with E-state index in [-0.39, 0.29) is 18.2 Å². The molecule has 0 aliphatic carbocycles. The lowest BCUT2D eigenvalue weighted by molar-refractivity contribution is -0.130. The minimum absolute atomic E-state index is 0.0369. The predicted octanol–water partition coefficient (Wildman–Crippen LogP) is 3.74. The van der Waals surface area contributed by atoms with Crippen LogP contribution in [0, 0.1) is 0 Å². The number of hydrogen-bond donors (Lipinski definition) is 3. The molecule has 1 aliphatic rings. The first kappa shape index (κ1) is 19.8. The second-order valence-corrected chi connectivity index (χ2v) is 7.63. The third-order valence-electron chi connectivity index (χ3n) is 4.96. The van der Waals surface area contributed by atoms with Crippen molar-refractivity contribution in [3.63, 3.8) is 0 Å². The number of nitrogens with one attached hydrogen (secondary N) is 1. The predicted molar refractivity (Wildman–Crippen MR) is 109 cm³/mol. The molecule has 3 rings (SSSR count). The molecule has 3 N–H and O–H groups in total. The number of rotatable bonds is 6. The van der Waals surface area contributed by atoms with Crippen molar-refractivity contribution < 1.29 is 19.8 Å². The minimum atomic E-state index is -0.498. The first-order valence-corrected chi connectivity index (χ1v) is 9.26. The van der Waals surface area contributed by atoms with Crippen LogP contribution in [0.3, 0.4) is 0 Å². The van der Waals surface area contributed by atoms with E-state index in [1.54, 1.807) is 29.7 Å². The van der Waals surface area contributed by atoms with Gasteiger partial charge in [-0.3, -0.25) is 10.0 Å². The summed E-state index contributed by atoms with van der Waals surface area (Å²) in [7, 11) is 0. The molecule has 0 spiro atoms. The highest BCUT2D eigenvalue weighted by Gasteiger charge is 2.36. The van der Waals surface area contributed by atoms with E-state index in [2.05, 4.69) is 17.9 Å². The van der Waals surface area contributed by atoms with Crippen molar-refractivity contribution in [2.75, 3.05) is 11.5 Å². The summed E-state index contributed by atoms with van der Waals surface area (Å²) in [5, 5.41) is 18.3. The van der Waals surface area contributed by atoms with E-state index in [9.17, 15) is 9.90 Å². The van der Waals surface area contributed by atoms with Gasteiger partial charge in [0.05, 0.1) is 6.42 Å². The third kappa shape index (κ3) is 4.12. The number of benzene rings is 2. The number of phenols is 1. The van der Waals surface area contributed by atoms with Gasteiger partial charge in [0.1, 0.15) is 18.1 Å². The molecule has 0 bridgehead atoms. The van der Waals surface area contributed by atoms with Gasteiger partial charge in [0.15, 0.2) is 0 Å². The van der Waals surface area contributed by atoms with Gasteiger partial charge in [0.2, 0.25) is 5.91 Å². The number of fused-ring (bicyclic) bond motifs is 1. The number of hydrogen-bond acceptors (Lipinski definition) is 5. The standard InChI is InChI=1S/C22H26N2O4/c1-15-12-16(14-28-18-10-8-17(25)9-11-18)19-6-4-5-7-20(19)24(15)22(2,3)13-21(26)23-27/h4-12,15,25,27H,13-14H2,1-3H3,(H,23,26). The summed E-state index contributed by atoms with van der Waals surface area (Å²) in [4.78, 5) is 14.0. The van der Waals surface area contributed by atoms with Crippen molar-refractivity contribution in [1.82, 2.24) is 5.48 Å². The van der Waals surface area contributed by atoms with E-state index >= 15 is 0 Å². The fourth-order valence-corrected chi connectivity index (χ4v) is 3.85. The zero-order valence-electron chi connectivity index (χ0n) is 16.3. The Morgan fingerprint density at radius 2 is 1.86 bits per heavy atom. The van der Waals surface area contributed by atoms with Crippen LogP contribution in [0.1, 0.15) is 32.8 Å². The van der Waals surface area contributed by atoms with E-state index in [1.165, 1.54) is 0 Å². The highest BCUT2D eigenvalue weighted by Crippen LogP contribution is 2.39. The third-order valence-corrected chi connectivity index (χ3v) is 4.96. The lowest BCUT2D eigenvalue weighted by Crippen LogP contribution is -2.52. The number of hydroxylamine groups is 1. The first-order valence-electron chi connectivity index (χ1n) is 9.26. The Morgan fingerprint density at radius 3 is 2.54 bits per heavy atom. The average Bonchev–Trinajstić information content (AvgIpc) is 2.66. The molecule has 148 valence electrons. The lowest BCUT2D eigenvalue weighted by atomic mass is 9.88. The smallest absolute Gasteiger partial charge is 0.245 e. The molecule has 0 saturated heterocycles. The maximum absolute atomic E-state index is 11.8. The number of para-hydroxylation sites is 1. The van der Waals surface area contributed by atoms with Gasteiger partial charge in [0, 0.05) is 22.8 Å². The van der Waals surface area contributed by atoms with E-state index in [0.717, 1.165) is 16.8 Å². The normalized spacial score (nSPS) is 16.2. The number of amides is 1. The van der Waals surface area contributed by atoms with E-state index in [4.69, 9.17) is 9.94 Å². The van der Waals surface area contributed by atoms with Crippen LogP contribution in [0.5, 0.6) is 11.5 Å². The van der Waals surface area contributed by atoms with Crippen molar-refractivity contribution in [2.45, 2.75) is 38.8 Å². The van der Waals surface area contributed by atoms with Crippen LogP contribution in [-0.2, 0) is 4.79 Å². The van der Waals surface area contributed by atoms with Crippen molar-refractivity contribution in [3.8, 4) is 11.5 Å². The number of carbonyl (C=O) groups is 1. The Labute approximate surface area is 165 Å². The molecule has 1 heterocycles. The Bertz CT molecular complexity index is 874. The van der Waals surface area contributed by atoms with Crippen LogP contribution in [-0.4, -0.2) is 34.4 Å². The van der Waals surface area contributed by atoms with Crippen molar-refractivity contribution in [2.24, 2.45) is 0 Å². The van der Waals surface area contributed by atoms with E-state index < -0.39 is 11.4 Å². The lowest BCUT2D eigenvalue weighted by Gasteiger charge is -2.46. The number of anilines is 1. The molecule has 6 nitrogen and oxygen atoms in total. The Morgan fingerprint density at radius 1 is 1.18 bits per heavy atom. The fourth-order valence-electron chi connectivity index (χ4n) is 3.85. The molecule has 1 atom stereocenters. The largest absolute Gasteiger partial charge is 0.508 e. The molecule has 1 aliphatic heterocycles. The van der Waals surface area contributed by atoms with E-state index in [0.29, 0.717) is 12.4 Å². The Balaban J connectivity index is 1.87. The summed E-state index contributed by atoms with van der Waals surface area (Å²) in [5.74, 6) is 0.472. The second kappa shape index (κ2) is 7.94. The molecule has 28 heavy (non-hydrogen) atoms. The van der Waals surface area contributed by atoms with Crippen LogP contribution < -0.4 is 15.1 Å². The van der Waals surface area contributed by atoms with Crippen molar-refractivity contribution in [3.05, 3.63) is 60.2 Å². The average molecular weight is 382 g/mol. The Hall–Kier alpha value is -2.99. The molecule has 1 amide bonds. The van der Waals surface area contributed by atoms with Gasteiger partial charge in [-0.25, -0.2) is 5.48 Å². The molecule has 6 heteroatoms. The summed E-state index contributed by atoms with van der Waals surface area (Å²) in [6, 6.07) is 14.7. The second-order valence-electron chi connectivity index (χ2n) is 7.63. The SMILES string of the molecule is CC1C=C(COc2ccc(O)cc2)c2ccccc2N1C(C)(C)CC(=O)NO. The maximum atomic E-state index is 11.8. The van der Waals surface area contributed by atoms with Gasteiger partial charge in [-0.1, -0.05) is 24.3 Å². The van der Waals surface area contributed by atoms with Crippen LogP contribution in [0.2, 0.25) is 0 Å². The van der Waals surface area contributed by atoms with Gasteiger partial charge in [-0.05, 0) is 56.7 Å². The monoisotopic (exact) mass is 382 g/mol. The first-order chi connectivity index (χ1) is 13.3. The molecular weight excluding hydrogens is 356 g/mol. The number of nitrogens with zero attached hydrogens (tertiary/aromatic N) is 1. The number of aromatic hydroxyl groups is 1. The quantitative estimate of drug-likeness (QED) is 0.524. The van der Waals surface area contributed by atoms with Crippen LogP contribution in [0.25, 0.3) is 5.57 Å². The van der Waals surface area contributed by atoms with Crippen LogP contribution in [0.4, 0.5) is 5.69 Å². The van der Waals surface area contributed by atoms with Gasteiger partial charge >= 0.3 is 0 Å². The molecule has 0 fully saturated rings. The van der Waals surface area contributed by atoms with Crippen molar-refractivity contribution in [1.29, 1.82) is 0 Å². The van der Waals surface area contributed by atoms with Gasteiger partial charge < -0.3 is 14.7 Å². The van der Waals surface area contributed by atoms with Crippen LogP contribution >= 0.6 is 0 Å². The highest BCUT2D eigenvalue weighted by atomic mass is 16.5. The topological polar surface area (TPSA) is 82.0 Å². The van der Waals surface area contributed by atoms with E-state index in [1.807, 2.05) is 38.1 Å². The molecule has 0 aromatic heterocycles. The molecular formula is C22H26N2O4. The van der Waals surface area contributed by atoms with Crippen molar-refractivity contribution >= 4 is 17.2 Å². The molecule has 0 radical (unpaired) electrons. The van der Waals surface area contributed by atoms with Gasteiger partial charge in [-0.2, -0.15) is 0 Å². The Kier molecular flexibility index (Phi) is 5.61. The summed E-state index contributed by atoms with van der Waals surface area (Å²) < 4.78 is 5.91. The fraction of sp³-hybridized carbons (Fsp3) is 0.318. The summed E-state index contributed by atoms with van der Waals surface area (Å²) in [6.45, 7) is 6.45. The molecule has 0 saturated carbocycles. The highest BCUT2D eigenvalue weighted by molar-refractivity contribution is 5.83. The summed E-state index contributed by atoms with van der Waals surface area (Å²) in [5.41, 5.74) is 4.38. The zero-order valence-corrected chi connectivity index (χ0v) is 16.3. The molecule has 2 aromatic carbocycles. The van der Waals surface area contributed by atoms with Gasteiger partial charge in [-0.15, -0.1) is 0 Å².